The van der Waals surface area contributed by atoms with Crippen LogP contribution in [0.5, 0.6) is 0 Å². The topological polar surface area (TPSA) is 70.1 Å². The molecule has 5 heteroatoms. The van der Waals surface area contributed by atoms with Gasteiger partial charge in [0.25, 0.3) is 5.56 Å². The number of anilines is 1. The van der Waals surface area contributed by atoms with Gasteiger partial charge in [0.2, 0.25) is 0 Å². The number of aromatic nitrogens is 2. The predicted octanol–water partition coefficient (Wildman–Crippen LogP) is 1.36. The molecule has 1 aromatic rings. The van der Waals surface area contributed by atoms with Gasteiger partial charge >= 0.3 is 0 Å². The Morgan fingerprint density at radius 2 is 2.35 bits per heavy atom. The number of allylic oxidation sites excluding steroid dienone is 2. The Morgan fingerprint density at radius 3 is 3.06 bits per heavy atom. The van der Waals surface area contributed by atoms with E-state index in [1.165, 1.54) is 0 Å². The lowest BCUT2D eigenvalue weighted by molar-refractivity contribution is 0.795. The molecule has 1 aromatic heterocycles. The first-order valence-electron chi connectivity index (χ1n) is 5.43. The number of nitrogens with zero attached hydrogens (tertiary/aromatic N) is 2. The molecule has 0 aliphatic carbocycles. The standard InChI is InChI=1S/C12H14N4O/c1-3-5-9(13-2)11-15-10-8(12(17)16-11)6-4-7-14-10/h3,5H,1-2,4,6-7H2,(H2,14,15,16,17)/b9-5-. The molecule has 0 aromatic carbocycles. The summed E-state index contributed by atoms with van der Waals surface area (Å²) in [6.07, 6.45) is 4.94. The van der Waals surface area contributed by atoms with Crippen LogP contribution in [-0.2, 0) is 6.42 Å². The number of aliphatic imine (C=N–C) groups is 1. The van der Waals surface area contributed by atoms with Crippen LogP contribution in [0.4, 0.5) is 5.82 Å². The van der Waals surface area contributed by atoms with Crippen molar-refractivity contribution in [2.24, 2.45) is 4.99 Å². The second-order valence-electron chi connectivity index (χ2n) is 3.72. The van der Waals surface area contributed by atoms with Gasteiger partial charge in [0.05, 0.1) is 5.56 Å². The van der Waals surface area contributed by atoms with Crippen LogP contribution in [-0.4, -0.2) is 23.2 Å². The number of rotatable bonds is 3. The van der Waals surface area contributed by atoms with E-state index in [-0.39, 0.29) is 5.56 Å². The normalized spacial score (nSPS) is 14.7. The number of hydrogen-bond donors (Lipinski definition) is 2. The van der Waals surface area contributed by atoms with Crippen LogP contribution in [0.3, 0.4) is 0 Å². The van der Waals surface area contributed by atoms with Gasteiger partial charge < -0.3 is 10.3 Å². The first kappa shape index (κ1) is 11.3. The predicted molar refractivity (Wildman–Crippen MR) is 69.4 cm³/mol. The molecule has 0 saturated carbocycles. The molecule has 0 bridgehead atoms. The van der Waals surface area contributed by atoms with Crippen LogP contribution >= 0.6 is 0 Å². The number of fused-ring (bicyclic) bond motifs is 1. The van der Waals surface area contributed by atoms with Crippen molar-refractivity contribution < 1.29 is 0 Å². The van der Waals surface area contributed by atoms with Crippen LogP contribution in [0.2, 0.25) is 0 Å². The SMILES string of the molecule is C=C/C=C(\N=C)c1nc2c(c(=O)[nH]1)CCCN2. The number of aromatic amines is 1. The van der Waals surface area contributed by atoms with Gasteiger partial charge in [0.1, 0.15) is 11.5 Å². The highest BCUT2D eigenvalue weighted by molar-refractivity contribution is 5.65. The molecular weight excluding hydrogens is 216 g/mol. The zero-order chi connectivity index (χ0) is 12.3. The van der Waals surface area contributed by atoms with Gasteiger partial charge in [-0.15, -0.1) is 0 Å². The zero-order valence-electron chi connectivity index (χ0n) is 9.49. The molecule has 0 radical (unpaired) electrons. The Labute approximate surface area is 99.0 Å². The van der Waals surface area contributed by atoms with E-state index in [4.69, 9.17) is 0 Å². The molecule has 1 aliphatic rings. The van der Waals surface area contributed by atoms with Crippen LogP contribution in [0.15, 0.2) is 28.5 Å². The van der Waals surface area contributed by atoms with Gasteiger partial charge in [-0.1, -0.05) is 12.7 Å². The van der Waals surface area contributed by atoms with Gasteiger partial charge in [0.15, 0.2) is 5.82 Å². The van der Waals surface area contributed by atoms with Gasteiger partial charge in [0, 0.05) is 6.54 Å². The van der Waals surface area contributed by atoms with Gasteiger partial charge in [-0.2, -0.15) is 0 Å². The van der Waals surface area contributed by atoms with E-state index in [9.17, 15) is 4.79 Å². The molecule has 0 spiro atoms. The molecule has 1 aliphatic heterocycles. The highest BCUT2D eigenvalue weighted by Crippen LogP contribution is 2.18. The number of H-pyrrole nitrogens is 1. The fourth-order valence-electron chi connectivity index (χ4n) is 1.79. The van der Waals surface area contributed by atoms with Crippen LogP contribution in [0.1, 0.15) is 17.8 Å². The molecule has 0 atom stereocenters. The van der Waals surface area contributed by atoms with Crippen LogP contribution < -0.4 is 10.9 Å². The summed E-state index contributed by atoms with van der Waals surface area (Å²) in [5.41, 5.74) is 1.10. The maximum atomic E-state index is 11.9. The third-order valence-electron chi connectivity index (χ3n) is 2.60. The smallest absolute Gasteiger partial charge is 0.256 e. The monoisotopic (exact) mass is 230 g/mol. The molecule has 17 heavy (non-hydrogen) atoms. The van der Waals surface area contributed by atoms with Gasteiger partial charge in [-0.25, -0.2) is 4.98 Å². The van der Waals surface area contributed by atoms with Crippen molar-refractivity contribution in [2.45, 2.75) is 12.8 Å². The van der Waals surface area contributed by atoms with E-state index in [1.807, 2.05) is 0 Å². The molecule has 88 valence electrons. The first-order valence-corrected chi connectivity index (χ1v) is 5.43. The van der Waals surface area contributed by atoms with Crippen molar-refractivity contribution >= 4 is 18.2 Å². The van der Waals surface area contributed by atoms with Crippen LogP contribution in [0, 0.1) is 0 Å². The maximum Gasteiger partial charge on any atom is 0.256 e. The molecule has 0 saturated heterocycles. The van der Waals surface area contributed by atoms with Crippen LogP contribution in [0.25, 0.3) is 5.70 Å². The molecule has 2 rings (SSSR count). The minimum absolute atomic E-state index is 0.115. The summed E-state index contributed by atoms with van der Waals surface area (Å²) in [6.45, 7) is 7.87. The molecule has 0 unspecified atom stereocenters. The zero-order valence-corrected chi connectivity index (χ0v) is 9.49. The second-order valence-corrected chi connectivity index (χ2v) is 3.72. The summed E-state index contributed by atoms with van der Waals surface area (Å²) in [7, 11) is 0. The molecule has 5 nitrogen and oxygen atoms in total. The van der Waals surface area contributed by atoms with Gasteiger partial charge in [-0.05, 0) is 25.6 Å². The molecule has 2 heterocycles. The average molecular weight is 230 g/mol. The Bertz CT molecular complexity index is 542. The van der Waals surface area contributed by atoms with E-state index in [1.54, 1.807) is 12.2 Å². The van der Waals surface area contributed by atoms with Crippen molar-refractivity contribution in [1.82, 2.24) is 9.97 Å². The summed E-state index contributed by atoms with van der Waals surface area (Å²) < 4.78 is 0. The lowest BCUT2D eigenvalue weighted by Gasteiger charge is -2.16. The minimum atomic E-state index is -0.115. The van der Waals surface area contributed by atoms with E-state index < -0.39 is 0 Å². The molecular formula is C12H14N4O. The largest absolute Gasteiger partial charge is 0.370 e. The lowest BCUT2D eigenvalue weighted by atomic mass is 10.1. The third kappa shape index (κ3) is 2.18. The van der Waals surface area contributed by atoms with Crippen molar-refractivity contribution in [3.63, 3.8) is 0 Å². The Morgan fingerprint density at radius 1 is 1.53 bits per heavy atom. The second kappa shape index (κ2) is 4.78. The molecule has 0 amide bonds. The van der Waals surface area contributed by atoms with E-state index in [0.717, 1.165) is 19.4 Å². The minimum Gasteiger partial charge on any atom is -0.370 e. The van der Waals surface area contributed by atoms with E-state index in [0.29, 0.717) is 22.9 Å². The quantitative estimate of drug-likeness (QED) is 0.608. The number of nitrogens with one attached hydrogen (secondary N) is 2. The highest BCUT2D eigenvalue weighted by atomic mass is 16.1. The summed E-state index contributed by atoms with van der Waals surface area (Å²) in [6, 6.07) is 0. The van der Waals surface area contributed by atoms with E-state index >= 15 is 0 Å². The number of hydrogen-bond acceptors (Lipinski definition) is 4. The Balaban J connectivity index is 2.54. The molecule has 2 N–H and O–H groups in total. The van der Waals surface area contributed by atoms with Crippen molar-refractivity contribution in [2.75, 3.05) is 11.9 Å². The summed E-state index contributed by atoms with van der Waals surface area (Å²) in [5, 5.41) is 3.12. The maximum absolute atomic E-state index is 11.9. The first-order chi connectivity index (χ1) is 8.26. The fourth-order valence-corrected chi connectivity index (χ4v) is 1.79. The van der Waals surface area contributed by atoms with Crippen molar-refractivity contribution in [3.8, 4) is 0 Å². The van der Waals surface area contributed by atoms with Crippen molar-refractivity contribution in [1.29, 1.82) is 0 Å². The van der Waals surface area contributed by atoms with E-state index in [2.05, 4.69) is 33.6 Å². The average Bonchev–Trinajstić information content (AvgIpc) is 2.36. The lowest BCUT2D eigenvalue weighted by Crippen LogP contribution is -2.24. The fraction of sp³-hybridized carbons (Fsp3) is 0.250. The summed E-state index contributed by atoms with van der Waals surface area (Å²) >= 11 is 0. The molecule has 0 fully saturated rings. The van der Waals surface area contributed by atoms with Gasteiger partial charge in [-0.3, -0.25) is 9.79 Å². The Hall–Kier alpha value is -2.17. The highest BCUT2D eigenvalue weighted by Gasteiger charge is 2.15. The Kier molecular flexibility index (Phi) is 3.18. The summed E-state index contributed by atoms with van der Waals surface area (Å²) in [4.78, 5) is 22.7. The van der Waals surface area contributed by atoms with Crippen molar-refractivity contribution in [3.05, 3.63) is 40.5 Å². The summed E-state index contributed by atoms with van der Waals surface area (Å²) in [5.74, 6) is 1.06. The third-order valence-corrected chi connectivity index (χ3v) is 2.60.